The number of nitrogens with one attached hydrogen (secondary N) is 2. The van der Waals surface area contributed by atoms with Gasteiger partial charge in [0.05, 0.1) is 10.7 Å². The Bertz CT molecular complexity index is 1210. The number of nitrogens with zero attached hydrogens (tertiary/aromatic N) is 1. The molecule has 34 heavy (non-hydrogen) atoms. The highest BCUT2D eigenvalue weighted by molar-refractivity contribution is 9.10. The zero-order valence-corrected chi connectivity index (χ0v) is 21.2. The van der Waals surface area contributed by atoms with Gasteiger partial charge in [-0.3, -0.25) is 9.59 Å². The zero-order chi connectivity index (χ0) is 24.5. The van der Waals surface area contributed by atoms with Crippen molar-refractivity contribution in [1.29, 1.82) is 0 Å². The SMILES string of the molecule is Cc1cccc(NC(=O)CCC(=O)NN=Cc2ccc(OCc3ccccc3Cl)c(Br)c2)c1C. The first-order chi connectivity index (χ1) is 16.3. The highest BCUT2D eigenvalue weighted by Gasteiger charge is 2.09. The second kappa shape index (κ2) is 12.3. The molecule has 176 valence electrons. The summed E-state index contributed by atoms with van der Waals surface area (Å²) in [6.07, 6.45) is 1.63. The van der Waals surface area contributed by atoms with Crippen molar-refractivity contribution < 1.29 is 14.3 Å². The van der Waals surface area contributed by atoms with Gasteiger partial charge in [0.15, 0.2) is 0 Å². The quantitative estimate of drug-likeness (QED) is 0.251. The number of rotatable bonds is 9. The summed E-state index contributed by atoms with van der Waals surface area (Å²) >= 11 is 9.65. The van der Waals surface area contributed by atoms with Crippen LogP contribution >= 0.6 is 27.5 Å². The predicted octanol–water partition coefficient (Wildman–Crippen LogP) is 6.17. The summed E-state index contributed by atoms with van der Waals surface area (Å²) in [6.45, 7) is 4.28. The van der Waals surface area contributed by atoms with Gasteiger partial charge in [-0.25, -0.2) is 5.43 Å². The minimum atomic E-state index is -0.342. The average molecular weight is 543 g/mol. The molecule has 0 atom stereocenters. The van der Waals surface area contributed by atoms with Crippen LogP contribution in [0.4, 0.5) is 5.69 Å². The van der Waals surface area contributed by atoms with E-state index in [0.29, 0.717) is 17.4 Å². The Morgan fingerprint density at radius 1 is 1.03 bits per heavy atom. The molecule has 0 heterocycles. The average Bonchev–Trinajstić information content (AvgIpc) is 2.81. The second-order valence-electron chi connectivity index (χ2n) is 7.66. The molecule has 3 aromatic rings. The lowest BCUT2D eigenvalue weighted by atomic mass is 10.1. The molecule has 6 nitrogen and oxygen atoms in total. The molecule has 0 aliphatic rings. The zero-order valence-electron chi connectivity index (χ0n) is 18.9. The van der Waals surface area contributed by atoms with Crippen molar-refractivity contribution in [1.82, 2.24) is 5.43 Å². The van der Waals surface area contributed by atoms with E-state index in [4.69, 9.17) is 16.3 Å². The van der Waals surface area contributed by atoms with Crippen molar-refractivity contribution in [3.63, 3.8) is 0 Å². The maximum absolute atomic E-state index is 12.2. The molecule has 0 aliphatic heterocycles. The fourth-order valence-corrected chi connectivity index (χ4v) is 3.75. The Balaban J connectivity index is 1.44. The Hall–Kier alpha value is -3.16. The number of ether oxygens (including phenoxy) is 1. The third-order valence-corrected chi connectivity index (χ3v) is 6.15. The summed E-state index contributed by atoms with van der Waals surface area (Å²) in [5, 5.41) is 7.47. The maximum Gasteiger partial charge on any atom is 0.240 e. The smallest absolute Gasteiger partial charge is 0.240 e. The fourth-order valence-electron chi connectivity index (χ4n) is 3.05. The van der Waals surface area contributed by atoms with Crippen molar-refractivity contribution in [3.05, 3.63) is 92.4 Å². The predicted molar refractivity (Wildman–Crippen MR) is 139 cm³/mol. The largest absolute Gasteiger partial charge is 0.488 e. The summed E-state index contributed by atoms with van der Waals surface area (Å²) in [6, 6.07) is 18.7. The van der Waals surface area contributed by atoms with Crippen LogP contribution in [0.25, 0.3) is 0 Å². The molecular formula is C26H25BrClN3O3. The Kier molecular flexibility index (Phi) is 9.24. The van der Waals surface area contributed by atoms with Gasteiger partial charge in [0.25, 0.3) is 0 Å². The number of anilines is 1. The molecule has 3 rings (SSSR count). The van der Waals surface area contributed by atoms with Crippen LogP contribution in [0.2, 0.25) is 5.02 Å². The first-order valence-corrected chi connectivity index (χ1v) is 11.8. The Morgan fingerprint density at radius 2 is 1.79 bits per heavy atom. The van der Waals surface area contributed by atoms with Crippen LogP contribution in [0.15, 0.2) is 70.2 Å². The second-order valence-corrected chi connectivity index (χ2v) is 8.92. The topological polar surface area (TPSA) is 79.8 Å². The van der Waals surface area contributed by atoms with Gasteiger partial charge in [0, 0.05) is 29.1 Å². The number of carbonyl (C=O) groups is 2. The first-order valence-electron chi connectivity index (χ1n) is 10.7. The Morgan fingerprint density at radius 3 is 2.56 bits per heavy atom. The van der Waals surface area contributed by atoms with Crippen molar-refractivity contribution in [2.75, 3.05) is 5.32 Å². The van der Waals surface area contributed by atoms with Gasteiger partial charge in [-0.05, 0) is 76.8 Å². The molecule has 0 aliphatic carbocycles. The minimum absolute atomic E-state index is 0.0343. The van der Waals surface area contributed by atoms with Crippen molar-refractivity contribution in [2.24, 2.45) is 5.10 Å². The van der Waals surface area contributed by atoms with Crippen LogP contribution in [0.1, 0.15) is 35.1 Å². The molecule has 8 heteroatoms. The van der Waals surface area contributed by atoms with Crippen LogP contribution in [-0.4, -0.2) is 18.0 Å². The van der Waals surface area contributed by atoms with Crippen LogP contribution in [0.3, 0.4) is 0 Å². The molecule has 0 saturated heterocycles. The number of hydrogen-bond acceptors (Lipinski definition) is 4. The third-order valence-electron chi connectivity index (χ3n) is 5.16. The van der Waals surface area contributed by atoms with E-state index in [9.17, 15) is 9.59 Å². The lowest BCUT2D eigenvalue weighted by Gasteiger charge is -2.10. The summed E-state index contributed by atoms with van der Waals surface area (Å²) in [5.74, 6) is 0.103. The van der Waals surface area contributed by atoms with Gasteiger partial charge < -0.3 is 10.1 Å². The number of aryl methyl sites for hydroxylation is 1. The molecule has 0 unspecified atom stereocenters. The summed E-state index contributed by atoms with van der Waals surface area (Å²) in [4.78, 5) is 24.2. The number of amides is 2. The molecule has 2 N–H and O–H groups in total. The number of hydrogen-bond donors (Lipinski definition) is 2. The van der Waals surface area contributed by atoms with E-state index in [1.54, 1.807) is 0 Å². The fraction of sp³-hybridized carbons (Fsp3) is 0.192. The lowest BCUT2D eigenvalue weighted by molar-refractivity contribution is -0.124. The van der Waals surface area contributed by atoms with E-state index in [1.165, 1.54) is 6.21 Å². The van der Waals surface area contributed by atoms with Gasteiger partial charge >= 0.3 is 0 Å². The highest BCUT2D eigenvalue weighted by Crippen LogP contribution is 2.27. The number of benzene rings is 3. The summed E-state index contributed by atoms with van der Waals surface area (Å²) < 4.78 is 6.58. The number of halogens is 2. The van der Waals surface area contributed by atoms with Crippen LogP contribution in [0, 0.1) is 13.8 Å². The van der Waals surface area contributed by atoms with Gasteiger partial charge in [0.2, 0.25) is 11.8 Å². The van der Waals surface area contributed by atoms with Crippen LogP contribution < -0.4 is 15.5 Å². The molecule has 0 saturated carbocycles. The molecular weight excluding hydrogens is 518 g/mol. The van der Waals surface area contributed by atoms with Crippen molar-refractivity contribution in [3.8, 4) is 5.75 Å². The van der Waals surface area contributed by atoms with Crippen LogP contribution in [0.5, 0.6) is 5.75 Å². The van der Waals surface area contributed by atoms with Gasteiger partial charge in [-0.1, -0.05) is 41.9 Å². The van der Waals surface area contributed by atoms with Crippen LogP contribution in [-0.2, 0) is 16.2 Å². The van der Waals surface area contributed by atoms with E-state index in [2.05, 4.69) is 31.8 Å². The maximum atomic E-state index is 12.2. The standard InChI is InChI=1S/C26H25BrClN3O3/c1-17-6-5-9-23(18(17)2)30-25(32)12-13-26(33)31-29-15-19-10-11-24(21(27)14-19)34-16-20-7-3-4-8-22(20)28/h3-11,14-15H,12-13,16H2,1-2H3,(H,30,32)(H,31,33). The van der Waals surface area contributed by atoms with Gasteiger partial charge in [-0.15, -0.1) is 0 Å². The summed E-state index contributed by atoms with van der Waals surface area (Å²) in [7, 11) is 0. The molecule has 0 aromatic heterocycles. The number of carbonyl (C=O) groups excluding carboxylic acids is 2. The lowest BCUT2D eigenvalue weighted by Crippen LogP contribution is -2.21. The molecule has 0 radical (unpaired) electrons. The van der Waals surface area contributed by atoms with Crippen molar-refractivity contribution >= 4 is 51.2 Å². The molecule has 0 bridgehead atoms. The van der Waals surface area contributed by atoms with E-state index in [-0.39, 0.29) is 24.7 Å². The normalized spacial score (nSPS) is 10.8. The first kappa shape index (κ1) is 25.5. The van der Waals surface area contributed by atoms with Gasteiger partial charge in [0.1, 0.15) is 12.4 Å². The minimum Gasteiger partial charge on any atom is -0.488 e. The van der Waals surface area contributed by atoms with E-state index >= 15 is 0 Å². The summed E-state index contributed by atoms with van der Waals surface area (Å²) in [5.41, 5.74) is 6.97. The van der Waals surface area contributed by atoms with E-state index < -0.39 is 0 Å². The third kappa shape index (κ3) is 7.43. The molecule has 0 fully saturated rings. The van der Waals surface area contributed by atoms with Crippen molar-refractivity contribution in [2.45, 2.75) is 33.3 Å². The highest BCUT2D eigenvalue weighted by atomic mass is 79.9. The molecule has 3 aromatic carbocycles. The van der Waals surface area contributed by atoms with E-state index in [0.717, 1.165) is 32.4 Å². The monoisotopic (exact) mass is 541 g/mol. The number of hydrazone groups is 1. The van der Waals surface area contributed by atoms with E-state index in [1.807, 2.05) is 74.5 Å². The van der Waals surface area contributed by atoms with Gasteiger partial charge in [-0.2, -0.15) is 5.10 Å². The molecule has 0 spiro atoms. The molecule has 2 amide bonds. The Labute approximate surface area is 212 Å².